The highest BCUT2D eigenvalue weighted by Crippen LogP contribution is 2.49. The number of alkyl halides is 3. The van der Waals surface area contributed by atoms with Gasteiger partial charge >= 0.3 is 6.18 Å². The number of amides is 1. The van der Waals surface area contributed by atoms with Crippen LogP contribution in [0.3, 0.4) is 0 Å². The van der Waals surface area contributed by atoms with E-state index in [-0.39, 0.29) is 49.3 Å². The fraction of sp³-hybridized carbons (Fsp3) is 0.400. The maximum absolute atomic E-state index is 13.8. The van der Waals surface area contributed by atoms with Crippen LogP contribution < -0.4 is 5.73 Å². The molecule has 1 saturated heterocycles. The lowest BCUT2D eigenvalue weighted by Gasteiger charge is -2.50. The number of nitrogens with zero attached hydrogens (tertiary/aromatic N) is 2. The Morgan fingerprint density at radius 3 is 2.37 bits per heavy atom. The second-order valence-electron chi connectivity index (χ2n) is 9.86. The molecule has 0 aromatic heterocycles. The van der Waals surface area contributed by atoms with Crippen molar-refractivity contribution in [2.75, 3.05) is 32.7 Å². The number of hydrogen-bond acceptors (Lipinski definition) is 9. The minimum Gasteiger partial charge on any atom is -0.508 e. The normalized spacial score (nSPS) is 26.9. The number of fused-ring (bicyclic) bond motifs is 3. The molecule has 3 atom stereocenters. The van der Waals surface area contributed by atoms with Crippen molar-refractivity contribution in [3.8, 4) is 11.5 Å². The van der Waals surface area contributed by atoms with Gasteiger partial charge in [-0.2, -0.15) is 13.2 Å². The van der Waals surface area contributed by atoms with Crippen molar-refractivity contribution in [2.45, 2.75) is 24.2 Å². The number of rotatable bonds is 3. The molecule has 1 aliphatic heterocycles. The second-order valence-corrected chi connectivity index (χ2v) is 9.86. The zero-order valence-electron chi connectivity index (χ0n) is 19.8. The summed E-state index contributed by atoms with van der Waals surface area (Å²) in [5.41, 5.74) is 1.36. The average Bonchev–Trinajstić information content (AvgIpc) is 2.81. The molecule has 1 fully saturated rings. The summed E-state index contributed by atoms with van der Waals surface area (Å²) in [5.74, 6) is -7.10. The first-order valence-corrected chi connectivity index (χ1v) is 11.8. The lowest BCUT2D eigenvalue weighted by atomic mass is 9.61. The Balaban J connectivity index is 1.62. The van der Waals surface area contributed by atoms with E-state index in [4.69, 9.17) is 5.73 Å². The zero-order valence-corrected chi connectivity index (χ0v) is 19.8. The molecule has 2 aliphatic carbocycles. The van der Waals surface area contributed by atoms with Gasteiger partial charge in [0.15, 0.2) is 11.4 Å². The molecule has 2 aromatic carbocycles. The number of primary amides is 1. The van der Waals surface area contributed by atoms with Crippen LogP contribution in [0.4, 0.5) is 13.2 Å². The smallest absolute Gasteiger partial charge is 0.401 e. The van der Waals surface area contributed by atoms with Gasteiger partial charge in [0, 0.05) is 32.1 Å². The molecule has 10 nitrogen and oxygen atoms in total. The number of phenols is 2. The van der Waals surface area contributed by atoms with Gasteiger partial charge in [-0.25, -0.2) is 0 Å². The predicted molar refractivity (Wildman–Crippen MR) is 125 cm³/mol. The lowest BCUT2D eigenvalue weighted by molar-refractivity contribution is -0.153. The summed E-state index contributed by atoms with van der Waals surface area (Å²) in [6.07, 6.45) is -4.64. The summed E-state index contributed by atoms with van der Waals surface area (Å²) in [6, 6.07) is 4.52. The molecule has 13 heteroatoms. The van der Waals surface area contributed by atoms with E-state index in [2.05, 4.69) is 0 Å². The van der Waals surface area contributed by atoms with Crippen LogP contribution >= 0.6 is 0 Å². The van der Waals surface area contributed by atoms with Crippen molar-refractivity contribution in [3.05, 3.63) is 46.7 Å². The summed E-state index contributed by atoms with van der Waals surface area (Å²) >= 11 is 0. The van der Waals surface area contributed by atoms with Crippen molar-refractivity contribution in [1.29, 1.82) is 0 Å². The van der Waals surface area contributed by atoms with Gasteiger partial charge in [-0.1, -0.05) is 18.2 Å². The van der Waals surface area contributed by atoms with Gasteiger partial charge in [0.25, 0.3) is 5.91 Å². The summed E-state index contributed by atoms with van der Waals surface area (Å²) in [7, 11) is 0. The summed E-state index contributed by atoms with van der Waals surface area (Å²) < 4.78 is 38.6. The minimum absolute atomic E-state index is 0.0518. The maximum atomic E-state index is 13.8. The third kappa shape index (κ3) is 3.80. The summed E-state index contributed by atoms with van der Waals surface area (Å²) in [5, 5.41) is 44.1. The van der Waals surface area contributed by atoms with Crippen molar-refractivity contribution in [2.24, 2.45) is 11.7 Å². The second kappa shape index (κ2) is 8.68. The summed E-state index contributed by atoms with van der Waals surface area (Å²) in [6.45, 7) is -1.41. The van der Waals surface area contributed by atoms with E-state index in [1.807, 2.05) is 0 Å². The average molecular weight is 535 g/mol. The van der Waals surface area contributed by atoms with Crippen LogP contribution in [-0.2, 0) is 16.0 Å². The number of hydrogen-bond donors (Lipinski definition) is 5. The number of aromatic hydroxyl groups is 2. The summed E-state index contributed by atoms with van der Waals surface area (Å²) in [4.78, 5) is 42.1. The number of Topliss-reactive ketones (excluding diaryl/α,β-unsaturated/α-hetero) is 2. The molecule has 6 N–H and O–H groups in total. The predicted octanol–water partition coefficient (Wildman–Crippen LogP) is 0.766. The number of carbonyl (C=O) groups is 3. The van der Waals surface area contributed by atoms with Gasteiger partial charge in [-0.05, 0) is 23.4 Å². The van der Waals surface area contributed by atoms with Gasteiger partial charge in [0.1, 0.15) is 22.8 Å². The Morgan fingerprint density at radius 2 is 1.76 bits per heavy atom. The minimum atomic E-state index is -4.42. The number of carbonyl (C=O) groups excluding carboxylic acids is 3. The number of phenolic OH excluding ortho intramolecular Hbond substituents is 2. The van der Waals surface area contributed by atoms with Crippen LogP contribution in [0.15, 0.2) is 35.6 Å². The van der Waals surface area contributed by atoms with Gasteiger partial charge in [0.05, 0.1) is 23.5 Å². The van der Waals surface area contributed by atoms with E-state index in [1.165, 1.54) is 23.1 Å². The Kier molecular flexibility index (Phi) is 5.93. The fourth-order valence-electron chi connectivity index (χ4n) is 6.00. The first-order valence-electron chi connectivity index (χ1n) is 11.8. The highest BCUT2D eigenvalue weighted by atomic mass is 19.4. The third-order valence-electron chi connectivity index (χ3n) is 7.69. The molecule has 2 aromatic rings. The van der Waals surface area contributed by atoms with E-state index in [1.54, 1.807) is 6.07 Å². The SMILES string of the molecule is NC(=O)C1=C(O)[C@@]2(O)C(=O)c3c(cc4cccc(O)c4c3O)C[C@H]2C(N2CCN(CC(F)(F)F)CC2)C1=O. The van der Waals surface area contributed by atoms with Crippen molar-refractivity contribution < 1.29 is 48.0 Å². The maximum Gasteiger partial charge on any atom is 0.401 e. The van der Waals surface area contributed by atoms with Gasteiger partial charge < -0.3 is 26.2 Å². The molecule has 38 heavy (non-hydrogen) atoms. The molecule has 1 heterocycles. The van der Waals surface area contributed by atoms with E-state index < -0.39 is 70.4 Å². The Labute approximate surface area is 213 Å². The van der Waals surface area contributed by atoms with E-state index in [0.717, 1.165) is 4.90 Å². The van der Waals surface area contributed by atoms with Crippen LogP contribution in [-0.4, -0.2) is 98.2 Å². The van der Waals surface area contributed by atoms with Crippen LogP contribution in [0.25, 0.3) is 10.8 Å². The molecular formula is C25H24F3N3O7. The number of ketones is 2. The quantitative estimate of drug-likeness (QED) is 0.357. The molecule has 0 bridgehead atoms. The largest absolute Gasteiger partial charge is 0.508 e. The van der Waals surface area contributed by atoms with Gasteiger partial charge in [0.2, 0.25) is 5.78 Å². The van der Waals surface area contributed by atoms with Crippen molar-refractivity contribution in [3.63, 3.8) is 0 Å². The molecule has 0 saturated carbocycles. The third-order valence-corrected chi connectivity index (χ3v) is 7.69. The number of aliphatic hydroxyl groups excluding tert-OH is 1. The first kappa shape index (κ1) is 25.9. The zero-order chi connectivity index (χ0) is 27.7. The lowest BCUT2D eigenvalue weighted by Crippen LogP contribution is -2.67. The van der Waals surface area contributed by atoms with Crippen LogP contribution in [0, 0.1) is 5.92 Å². The highest BCUT2D eigenvalue weighted by Gasteiger charge is 2.62. The molecule has 1 unspecified atom stereocenters. The number of benzene rings is 2. The van der Waals surface area contributed by atoms with E-state index in [0.29, 0.717) is 5.39 Å². The van der Waals surface area contributed by atoms with Gasteiger partial charge in [-0.15, -0.1) is 0 Å². The number of aliphatic hydroxyl groups is 2. The van der Waals surface area contributed by atoms with E-state index >= 15 is 0 Å². The van der Waals surface area contributed by atoms with Crippen LogP contribution in [0.1, 0.15) is 15.9 Å². The highest BCUT2D eigenvalue weighted by molar-refractivity contribution is 6.25. The topological polar surface area (TPSA) is 165 Å². The number of halogens is 3. The number of piperazine rings is 1. The Hall–Kier alpha value is -3.68. The Morgan fingerprint density at radius 1 is 1.11 bits per heavy atom. The molecule has 0 radical (unpaired) electrons. The standard InChI is InChI=1S/C25H24F3N3O7/c26-24(27,28)10-30-4-6-31(7-5-30)18-13-9-12-8-11-2-1-3-14(32)15(11)19(33)16(12)21(35)25(13,38)22(36)17(20(18)34)23(29)37/h1-3,8,13,18,32-33,36,38H,4-7,9-10H2,(H2,29,37)/t13-,18?,25-/m0/s1. The molecule has 1 amide bonds. The van der Waals surface area contributed by atoms with E-state index in [9.17, 15) is 48.0 Å². The first-order chi connectivity index (χ1) is 17.8. The van der Waals surface area contributed by atoms with Crippen molar-refractivity contribution >= 4 is 28.2 Å². The molecule has 5 rings (SSSR count). The fourth-order valence-corrected chi connectivity index (χ4v) is 6.00. The monoisotopic (exact) mass is 535 g/mol. The molecule has 0 spiro atoms. The van der Waals surface area contributed by atoms with Crippen molar-refractivity contribution in [1.82, 2.24) is 9.80 Å². The molecule has 3 aliphatic rings. The van der Waals surface area contributed by atoms with Crippen LogP contribution in [0.5, 0.6) is 11.5 Å². The molecule has 202 valence electrons. The van der Waals surface area contributed by atoms with Crippen LogP contribution in [0.2, 0.25) is 0 Å². The molecular weight excluding hydrogens is 511 g/mol. The Bertz CT molecular complexity index is 1420. The van der Waals surface area contributed by atoms with Gasteiger partial charge in [-0.3, -0.25) is 24.2 Å². The number of nitrogens with two attached hydrogens (primary N) is 1.